The van der Waals surface area contributed by atoms with E-state index >= 15 is 0 Å². The number of carbonyl (C=O) groups is 1. The molecule has 1 heterocycles. The van der Waals surface area contributed by atoms with Gasteiger partial charge in [0.15, 0.2) is 0 Å². The minimum Gasteiger partial charge on any atom is -0.369 e. The van der Waals surface area contributed by atoms with E-state index in [0.717, 1.165) is 0 Å². The molecular formula is C13H13ClF4N2O. The third-order valence-corrected chi connectivity index (χ3v) is 3.47. The third kappa shape index (κ3) is 4.49. The van der Waals surface area contributed by atoms with Crippen LogP contribution in [0, 0.1) is 5.82 Å². The summed E-state index contributed by atoms with van der Waals surface area (Å²) >= 11 is 5.69. The van der Waals surface area contributed by atoms with Gasteiger partial charge in [-0.25, -0.2) is 4.39 Å². The van der Waals surface area contributed by atoms with Gasteiger partial charge in [-0.05, 0) is 24.6 Å². The quantitative estimate of drug-likeness (QED) is 0.866. The molecule has 1 aromatic rings. The second-order valence-electron chi connectivity index (χ2n) is 4.89. The van der Waals surface area contributed by atoms with Crippen LogP contribution in [0.3, 0.4) is 0 Å². The maximum absolute atomic E-state index is 13.1. The van der Waals surface area contributed by atoms with Crippen LogP contribution in [0.25, 0.3) is 0 Å². The van der Waals surface area contributed by atoms with E-state index in [1.165, 1.54) is 12.1 Å². The average Bonchev–Trinajstić information content (AvgIpc) is 2.78. The Kier molecular flexibility index (Phi) is 4.61. The number of nitrogens with zero attached hydrogens (tertiary/aromatic N) is 1. The molecule has 1 amide bonds. The molecule has 0 aromatic heterocycles. The van der Waals surface area contributed by atoms with Gasteiger partial charge in [0.2, 0.25) is 5.91 Å². The molecule has 0 radical (unpaired) electrons. The summed E-state index contributed by atoms with van der Waals surface area (Å²) in [7, 11) is 0. The first-order chi connectivity index (χ1) is 9.74. The highest BCUT2D eigenvalue weighted by molar-refractivity contribution is 6.31. The van der Waals surface area contributed by atoms with Gasteiger partial charge in [0.25, 0.3) is 0 Å². The number of rotatable bonds is 3. The van der Waals surface area contributed by atoms with E-state index in [1.54, 1.807) is 6.07 Å². The van der Waals surface area contributed by atoms with Gasteiger partial charge in [-0.3, -0.25) is 4.79 Å². The zero-order chi connectivity index (χ0) is 15.6. The van der Waals surface area contributed by atoms with Gasteiger partial charge in [0.1, 0.15) is 12.2 Å². The molecule has 1 atom stereocenters. The summed E-state index contributed by atoms with van der Waals surface area (Å²) in [6, 6.07) is 3.87. The number of anilines is 1. The summed E-state index contributed by atoms with van der Waals surface area (Å²) in [4.78, 5) is 13.1. The van der Waals surface area contributed by atoms with Gasteiger partial charge in [-0.1, -0.05) is 11.6 Å². The molecular weight excluding hydrogens is 312 g/mol. The van der Waals surface area contributed by atoms with Crippen LogP contribution in [0.4, 0.5) is 23.2 Å². The van der Waals surface area contributed by atoms with Gasteiger partial charge in [-0.15, -0.1) is 0 Å². The van der Waals surface area contributed by atoms with Crippen molar-refractivity contribution in [2.45, 2.75) is 25.1 Å². The Hall–Kier alpha value is -1.50. The normalized spacial score (nSPS) is 18.9. The molecule has 0 bridgehead atoms. The number of hydrogen-bond donors (Lipinski definition) is 1. The second-order valence-corrected chi connectivity index (χ2v) is 5.30. The van der Waals surface area contributed by atoms with Gasteiger partial charge in [0, 0.05) is 24.8 Å². The number of alkyl halides is 3. The zero-order valence-corrected chi connectivity index (χ0v) is 11.6. The lowest BCUT2D eigenvalue weighted by molar-refractivity contribution is -0.154. The van der Waals surface area contributed by atoms with Crippen molar-refractivity contribution < 1.29 is 22.4 Å². The number of nitrogens with one attached hydrogen (secondary N) is 1. The second kappa shape index (κ2) is 6.09. The highest BCUT2D eigenvalue weighted by atomic mass is 35.5. The monoisotopic (exact) mass is 324 g/mol. The van der Waals surface area contributed by atoms with E-state index in [4.69, 9.17) is 11.6 Å². The summed E-state index contributed by atoms with van der Waals surface area (Å²) in [5.74, 6) is -1.57. The van der Waals surface area contributed by atoms with Gasteiger partial charge in [-0.2, -0.15) is 13.2 Å². The van der Waals surface area contributed by atoms with Gasteiger partial charge in [0.05, 0.1) is 5.02 Å². The lowest BCUT2D eigenvalue weighted by Gasteiger charge is -2.19. The minimum absolute atomic E-state index is 0.0166. The summed E-state index contributed by atoms with van der Waals surface area (Å²) < 4.78 is 49.3. The molecule has 1 aliphatic heterocycles. The smallest absolute Gasteiger partial charge is 0.369 e. The molecule has 116 valence electrons. The van der Waals surface area contributed by atoms with Crippen LogP contribution in [-0.4, -0.2) is 31.2 Å². The summed E-state index contributed by atoms with van der Waals surface area (Å²) in [6.07, 6.45) is -5.46. The molecule has 1 fully saturated rings. The van der Waals surface area contributed by atoms with Crippen LogP contribution in [0.5, 0.6) is 0 Å². The Balaban J connectivity index is 1.91. The van der Waals surface area contributed by atoms with E-state index in [9.17, 15) is 22.4 Å². The predicted molar refractivity (Wildman–Crippen MR) is 70.8 cm³/mol. The van der Waals surface area contributed by atoms with E-state index in [2.05, 4.69) is 5.32 Å². The fourth-order valence-electron chi connectivity index (χ4n) is 2.26. The molecule has 1 aromatic carbocycles. The summed E-state index contributed by atoms with van der Waals surface area (Å²) in [5.41, 5.74) is 0.675. The first-order valence-corrected chi connectivity index (χ1v) is 6.68. The predicted octanol–water partition coefficient (Wildman–Crippen LogP) is 3.13. The highest BCUT2D eigenvalue weighted by Crippen LogP contribution is 2.26. The molecule has 1 saturated heterocycles. The van der Waals surface area contributed by atoms with E-state index in [0.29, 0.717) is 25.2 Å². The Morgan fingerprint density at radius 3 is 2.76 bits per heavy atom. The fraction of sp³-hybridized carbons (Fsp3) is 0.462. The fourth-order valence-corrected chi connectivity index (χ4v) is 2.43. The van der Waals surface area contributed by atoms with Crippen LogP contribution in [0.1, 0.15) is 12.8 Å². The lowest BCUT2D eigenvalue weighted by Crippen LogP contribution is -2.39. The van der Waals surface area contributed by atoms with Crippen LogP contribution >= 0.6 is 11.6 Å². The molecule has 0 aliphatic carbocycles. The molecule has 0 spiro atoms. The number of amides is 1. The van der Waals surface area contributed by atoms with Crippen LogP contribution in [-0.2, 0) is 4.79 Å². The Morgan fingerprint density at radius 2 is 2.14 bits per heavy atom. The minimum atomic E-state index is -4.51. The SMILES string of the molecule is O=C(CC(F)(F)F)NC1CCN(c2ccc(F)c(Cl)c2)C1. The number of benzene rings is 1. The molecule has 1 unspecified atom stereocenters. The molecule has 2 rings (SSSR count). The maximum atomic E-state index is 13.1. The van der Waals surface area contributed by atoms with Crippen LogP contribution < -0.4 is 10.2 Å². The molecule has 21 heavy (non-hydrogen) atoms. The third-order valence-electron chi connectivity index (χ3n) is 3.18. The van der Waals surface area contributed by atoms with Gasteiger partial charge < -0.3 is 10.2 Å². The van der Waals surface area contributed by atoms with Crippen molar-refractivity contribution in [3.8, 4) is 0 Å². The molecule has 1 aliphatic rings. The largest absolute Gasteiger partial charge is 0.397 e. The Bertz CT molecular complexity index is 535. The van der Waals surface area contributed by atoms with E-state index in [-0.39, 0.29) is 11.1 Å². The van der Waals surface area contributed by atoms with Crippen molar-refractivity contribution in [1.82, 2.24) is 5.32 Å². The Morgan fingerprint density at radius 1 is 1.43 bits per heavy atom. The molecule has 0 saturated carbocycles. The number of hydrogen-bond acceptors (Lipinski definition) is 2. The van der Waals surface area contributed by atoms with Crippen molar-refractivity contribution in [3.63, 3.8) is 0 Å². The van der Waals surface area contributed by atoms with E-state index in [1.807, 2.05) is 4.90 Å². The average molecular weight is 325 g/mol. The first kappa shape index (κ1) is 15.9. The Labute approximate surface area is 123 Å². The maximum Gasteiger partial charge on any atom is 0.397 e. The number of carbonyl (C=O) groups excluding carboxylic acids is 1. The van der Waals surface area contributed by atoms with Crippen LogP contribution in [0.15, 0.2) is 18.2 Å². The molecule has 1 N–H and O–H groups in total. The van der Waals surface area contributed by atoms with Crippen molar-refractivity contribution in [2.75, 3.05) is 18.0 Å². The van der Waals surface area contributed by atoms with Crippen molar-refractivity contribution in [3.05, 3.63) is 29.0 Å². The van der Waals surface area contributed by atoms with Crippen molar-refractivity contribution in [2.24, 2.45) is 0 Å². The summed E-state index contributed by atoms with van der Waals surface area (Å²) in [5, 5.41) is 2.34. The standard InChI is InChI=1S/C13H13ClF4N2O/c14-10-5-9(1-2-11(10)15)20-4-3-8(7-20)19-12(21)6-13(16,17)18/h1-2,5,8H,3-4,6-7H2,(H,19,21). The van der Waals surface area contributed by atoms with E-state index < -0.39 is 24.3 Å². The summed E-state index contributed by atoms with van der Waals surface area (Å²) in [6.45, 7) is 0.921. The van der Waals surface area contributed by atoms with Crippen molar-refractivity contribution >= 4 is 23.2 Å². The highest BCUT2D eigenvalue weighted by Gasteiger charge is 2.33. The number of halogens is 5. The lowest BCUT2D eigenvalue weighted by atomic mass is 10.2. The van der Waals surface area contributed by atoms with Gasteiger partial charge >= 0.3 is 6.18 Å². The molecule has 8 heteroatoms. The topological polar surface area (TPSA) is 32.3 Å². The zero-order valence-electron chi connectivity index (χ0n) is 10.9. The first-order valence-electron chi connectivity index (χ1n) is 6.31. The van der Waals surface area contributed by atoms with Crippen molar-refractivity contribution in [1.29, 1.82) is 0 Å². The van der Waals surface area contributed by atoms with Crippen LogP contribution in [0.2, 0.25) is 5.02 Å². The molecule has 3 nitrogen and oxygen atoms in total.